The number of hydrogen-bond acceptors (Lipinski definition) is 4. The van der Waals surface area contributed by atoms with Gasteiger partial charge in [0.05, 0.1) is 16.6 Å². The largest absolute Gasteiger partial charge is 0.378 e. The van der Waals surface area contributed by atoms with E-state index in [0.717, 1.165) is 28.1 Å². The second kappa shape index (κ2) is 8.36. The number of anilines is 1. The molecule has 0 fully saturated rings. The average molecular weight is 454 g/mol. The van der Waals surface area contributed by atoms with Gasteiger partial charge in [-0.1, -0.05) is 53.6 Å². The van der Waals surface area contributed by atoms with E-state index < -0.39 is 16.1 Å². The summed E-state index contributed by atoms with van der Waals surface area (Å²) in [5.41, 5.74) is 4.57. The summed E-state index contributed by atoms with van der Waals surface area (Å²) in [4.78, 5) is 2.25. The molecule has 1 aliphatic heterocycles. The first-order valence-corrected chi connectivity index (χ1v) is 11.8. The molecule has 160 valence electrons. The summed E-state index contributed by atoms with van der Waals surface area (Å²) >= 11 is 6.06. The predicted molar refractivity (Wildman–Crippen MR) is 126 cm³/mol. The van der Waals surface area contributed by atoms with Crippen molar-refractivity contribution in [3.63, 3.8) is 0 Å². The second-order valence-electron chi connectivity index (χ2n) is 7.85. The van der Waals surface area contributed by atoms with Gasteiger partial charge in [0.2, 0.25) is 0 Å². The van der Waals surface area contributed by atoms with Crippen LogP contribution in [0, 0.1) is 6.92 Å². The first kappa shape index (κ1) is 21.4. The lowest BCUT2D eigenvalue weighted by atomic mass is 9.99. The molecule has 0 bridgehead atoms. The van der Waals surface area contributed by atoms with Crippen LogP contribution in [-0.4, -0.2) is 32.6 Å². The summed E-state index contributed by atoms with van der Waals surface area (Å²) in [6.07, 6.45) is 0.480. The third-order valence-electron chi connectivity index (χ3n) is 5.41. The van der Waals surface area contributed by atoms with Gasteiger partial charge in [0.25, 0.3) is 10.0 Å². The monoisotopic (exact) mass is 453 g/mol. The highest BCUT2D eigenvalue weighted by molar-refractivity contribution is 7.89. The Hall–Kier alpha value is -2.83. The summed E-state index contributed by atoms with van der Waals surface area (Å²) in [5.74, 6) is 0. The molecule has 7 heteroatoms. The zero-order chi connectivity index (χ0) is 22.2. The molecule has 1 heterocycles. The summed E-state index contributed by atoms with van der Waals surface area (Å²) in [6.45, 7) is 1.93. The Morgan fingerprint density at radius 3 is 2.13 bits per heavy atom. The fraction of sp³-hybridized carbons (Fsp3) is 0.208. The zero-order valence-electron chi connectivity index (χ0n) is 17.7. The van der Waals surface area contributed by atoms with E-state index in [1.807, 2.05) is 62.3 Å². The van der Waals surface area contributed by atoms with Crippen LogP contribution in [0.3, 0.4) is 0 Å². The van der Waals surface area contributed by atoms with Crippen LogP contribution in [0.25, 0.3) is 0 Å². The first-order chi connectivity index (χ1) is 14.8. The lowest BCUT2D eigenvalue weighted by Crippen LogP contribution is -2.27. The molecule has 0 unspecified atom stereocenters. The number of hydrogen-bond donors (Lipinski definition) is 0. The van der Waals surface area contributed by atoms with Crippen LogP contribution in [0.5, 0.6) is 0 Å². The van der Waals surface area contributed by atoms with Crippen molar-refractivity contribution >= 4 is 33.0 Å². The highest BCUT2D eigenvalue weighted by Crippen LogP contribution is 2.37. The van der Waals surface area contributed by atoms with Crippen LogP contribution in [-0.2, 0) is 10.0 Å². The van der Waals surface area contributed by atoms with Gasteiger partial charge in [0, 0.05) is 31.2 Å². The standard InChI is InChI=1S/C24H24ClN3O2S/c1-17-4-14-22(15-5-17)31(29,30)28-24(19-6-10-20(25)11-7-19)16-23(26-28)18-8-12-21(13-9-18)27(2)3/h4-15,24H,16H2,1-3H3/t24-/m1/s1. The fourth-order valence-electron chi connectivity index (χ4n) is 3.59. The maximum Gasteiger partial charge on any atom is 0.279 e. The summed E-state index contributed by atoms with van der Waals surface area (Å²) in [5, 5.41) is 5.21. The van der Waals surface area contributed by atoms with E-state index >= 15 is 0 Å². The van der Waals surface area contributed by atoms with Crippen molar-refractivity contribution in [3.05, 3.63) is 94.5 Å². The van der Waals surface area contributed by atoms with Gasteiger partial charge in [-0.25, -0.2) is 0 Å². The minimum Gasteiger partial charge on any atom is -0.378 e. The van der Waals surface area contributed by atoms with E-state index in [9.17, 15) is 8.42 Å². The van der Waals surface area contributed by atoms with Crippen molar-refractivity contribution in [1.82, 2.24) is 4.41 Å². The number of hydrazone groups is 1. The lowest BCUT2D eigenvalue weighted by Gasteiger charge is -2.23. The van der Waals surface area contributed by atoms with E-state index in [0.29, 0.717) is 11.4 Å². The average Bonchev–Trinajstić information content (AvgIpc) is 3.21. The van der Waals surface area contributed by atoms with Crippen molar-refractivity contribution in [1.29, 1.82) is 0 Å². The summed E-state index contributed by atoms with van der Waals surface area (Å²) in [6, 6.07) is 21.7. The molecule has 0 aromatic heterocycles. The normalized spacial score (nSPS) is 16.3. The van der Waals surface area contributed by atoms with Crippen LogP contribution >= 0.6 is 11.6 Å². The third-order valence-corrected chi connectivity index (χ3v) is 7.36. The smallest absolute Gasteiger partial charge is 0.279 e. The highest BCUT2D eigenvalue weighted by atomic mass is 35.5. The molecule has 1 atom stereocenters. The number of rotatable bonds is 5. The van der Waals surface area contributed by atoms with E-state index in [-0.39, 0.29) is 4.90 Å². The van der Waals surface area contributed by atoms with Crippen LogP contribution in [0.1, 0.15) is 29.2 Å². The Labute approximate surface area is 188 Å². The number of halogens is 1. The van der Waals surface area contributed by atoms with E-state index in [2.05, 4.69) is 5.10 Å². The molecule has 4 rings (SSSR count). The van der Waals surface area contributed by atoms with Crippen LogP contribution in [0.4, 0.5) is 5.69 Å². The van der Waals surface area contributed by atoms with Gasteiger partial charge >= 0.3 is 0 Å². The van der Waals surface area contributed by atoms with Gasteiger partial charge in [-0.15, -0.1) is 0 Å². The third kappa shape index (κ3) is 4.31. The van der Waals surface area contributed by atoms with E-state index in [4.69, 9.17) is 11.6 Å². The van der Waals surface area contributed by atoms with Crippen molar-refractivity contribution in [2.45, 2.75) is 24.3 Å². The number of benzene rings is 3. The number of nitrogens with zero attached hydrogens (tertiary/aromatic N) is 3. The maximum atomic E-state index is 13.5. The highest BCUT2D eigenvalue weighted by Gasteiger charge is 2.37. The minimum atomic E-state index is -3.82. The predicted octanol–water partition coefficient (Wildman–Crippen LogP) is 5.25. The molecule has 5 nitrogen and oxygen atoms in total. The van der Waals surface area contributed by atoms with Gasteiger partial charge in [-0.2, -0.15) is 17.9 Å². The molecule has 0 spiro atoms. The summed E-state index contributed by atoms with van der Waals surface area (Å²) in [7, 11) is 0.141. The maximum absolute atomic E-state index is 13.5. The van der Waals surface area contributed by atoms with Gasteiger partial charge in [-0.3, -0.25) is 0 Å². The van der Waals surface area contributed by atoms with Crippen LogP contribution in [0.2, 0.25) is 5.02 Å². The van der Waals surface area contributed by atoms with Gasteiger partial charge in [0.1, 0.15) is 0 Å². The van der Waals surface area contributed by atoms with E-state index in [1.165, 1.54) is 4.41 Å². The SMILES string of the molecule is Cc1ccc(S(=O)(=O)N2N=C(c3ccc(N(C)C)cc3)C[C@@H]2c2ccc(Cl)cc2)cc1. The molecule has 0 N–H and O–H groups in total. The van der Waals surface area contributed by atoms with Crippen molar-refractivity contribution in [3.8, 4) is 0 Å². The van der Waals surface area contributed by atoms with E-state index in [1.54, 1.807) is 36.4 Å². The fourth-order valence-corrected chi connectivity index (χ4v) is 5.15. The Morgan fingerprint density at radius 2 is 1.55 bits per heavy atom. The Kier molecular flexibility index (Phi) is 5.77. The van der Waals surface area contributed by atoms with Crippen LogP contribution < -0.4 is 4.90 Å². The Balaban J connectivity index is 1.76. The molecule has 0 amide bonds. The van der Waals surface area contributed by atoms with Crippen molar-refractivity contribution < 1.29 is 8.42 Å². The quantitative estimate of drug-likeness (QED) is 0.529. The minimum absolute atomic E-state index is 0.227. The molecule has 3 aromatic rings. The van der Waals surface area contributed by atoms with Crippen LogP contribution in [0.15, 0.2) is 82.8 Å². The molecule has 1 aliphatic rings. The molecule has 3 aromatic carbocycles. The number of sulfonamides is 1. The Bertz CT molecular complexity index is 1200. The van der Waals surface area contributed by atoms with Crippen molar-refractivity contribution in [2.24, 2.45) is 5.10 Å². The Morgan fingerprint density at radius 1 is 0.935 bits per heavy atom. The number of aryl methyl sites for hydroxylation is 1. The topological polar surface area (TPSA) is 53.0 Å². The summed E-state index contributed by atoms with van der Waals surface area (Å²) < 4.78 is 28.3. The molecule has 0 saturated carbocycles. The molecular weight excluding hydrogens is 430 g/mol. The zero-order valence-corrected chi connectivity index (χ0v) is 19.2. The first-order valence-electron chi connectivity index (χ1n) is 9.97. The molecular formula is C24H24ClN3O2S. The molecule has 0 radical (unpaired) electrons. The molecule has 31 heavy (non-hydrogen) atoms. The van der Waals surface area contributed by atoms with Crippen molar-refractivity contribution in [2.75, 3.05) is 19.0 Å². The molecule has 0 saturated heterocycles. The van der Waals surface area contributed by atoms with Gasteiger partial charge in [-0.05, 0) is 54.4 Å². The second-order valence-corrected chi connectivity index (χ2v) is 10.1. The molecule has 0 aliphatic carbocycles. The van der Waals surface area contributed by atoms with Gasteiger partial charge in [0.15, 0.2) is 0 Å². The van der Waals surface area contributed by atoms with Gasteiger partial charge < -0.3 is 4.90 Å². The lowest BCUT2D eigenvalue weighted by molar-refractivity contribution is 0.371.